The normalized spacial score (nSPS) is 14.2. The van der Waals surface area contributed by atoms with Gasteiger partial charge in [-0.3, -0.25) is 4.79 Å². The lowest BCUT2D eigenvalue weighted by molar-refractivity contribution is 0.0952. The van der Waals surface area contributed by atoms with E-state index in [-0.39, 0.29) is 5.91 Å². The van der Waals surface area contributed by atoms with Gasteiger partial charge in [0, 0.05) is 48.0 Å². The maximum atomic E-state index is 12.5. The van der Waals surface area contributed by atoms with Crippen LogP contribution < -0.4 is 10.2 Å². The van der Waals surface area contributed by atoms with Crippen molar-refractivity contribution in [2.24, 2.45) is 0 Å². The number of aromatic amines is 1. The quantitative estimate of drug-likeness (QED) is 0.750. The van der Waals surface area contributed by atoms with Crippen LogP contribution in [0.4, 0.5) is 5.82 Å². The molecule has 128 valence electrons. The zero-order valence-electron chi connectivity index (χ0n) is 13.8. The molecule has 3 heterocycles. The number of carbonyl (C=O) groups excluding carboxylic acids is 1. The van der Waals surface area contributed by atoms with Gasteiger partial charge < -0.3 is 15.2 Å². The molecular formula is C19H19ClN4O. The maximum absolute atomic E-state index is 12.5. The third-order valence-corrected chi connectivity index (χ3v) is 4.82. The highest BCUT2D eigenvalue weighted by Crippen LogP contribution is 2.22. The molecule has 0 aliphatic carbocycles. The minimum Gasteiger partial charge on any atom is -0.360 e. The number of anilines is 1. The van der Waals surface area contributed by atoms with Gasteiger partial charge in [0.05, 0.1) is 5.56 Å². The molecule has 5 nitrogen and oxygen atoms in total. The molecule has 1 aliphatic heterocycles. The summed E-state index contributed by atoms with van der Waals surface area (Å²) in [5, 5.41) is 4.50. The van der Waals surface area contributed by atoms with Crippen molar-refractivity contribution >= 4 is 34.2 Å². The van der Waals surface area contributed by atoms with Crippen molar-refractivity contribution in [3.05, 3.63) is 58.9 Å². The Kier molecular flexibility index (Phi) is 4.32. The summed E-state index contributed by atoms with van der Waals surface area (Å²) in [6.45, 7) is 2.59. The molecule has 25 heavy (non-hydrogen) atoms. The van der Waals surface area contributed by atoms with E-state index in [9.17, 15) is 4.79 Å². The molecule has 3 aromatic rings. The molecule has 0 spiro atoms. The van der Waals surface area contributed by atoms with Gasteiger partial charge in [0.25, 0.3) is 5.91 Å². The van der Waals surface area contributed by atoms with Crippen molar-refractivity contribution in [1.82, 2.24) is 15.3 Å². The monoisotopic (exact) mass is 354 g/mol. The van der Waals surface area contributed by atoms with E-state index in [1.807, 2.05) is 24.4 Å². The Bertz CT molecular complexity index is 915. The zero-order chi connectivity index (χ0) is 17.2. The van der Waals surface area contributed by atoms with Crippen LogP contribution >= 0.6 is 11.6 Å². The summed E-state index contributed by atoms with van der Waals surface area (Å²) in [6.07, 6.45) is 5.96. The van der Waals surface area contributed by atoms with E-state index in [1.54, 1.807) is 12.3 Å². The van der Waals surface area contributed by atoms with Crippen molar-refractivity contribution in [2.75, 3.05) is 18.0 Å². The molecule has 4 rings (SSSR count). The van der Waals surface area contributed by atoms with Crippen LogP contribution in [-0.2, 0) is 6.54 Å². The molecular weight excluding hydrogens is 336 g/mol. The Morgan fingerprint density at radius 3 is 2.92 bits per heavy atom. The predicted octanol–water partition coefficient (Wildman–Crippen LogP) is 3.75. The van der Waals surface area contributed by atoms with E-state index < -0.39 is 0 Å². The average Bonchev–Trinajstić information content (AvgIpc) is 3.29. The van der Waals surface area contributed by atoms with Gasteiger partial charge in [0.1, 0.15) is 5.82 Å². The lowest BCUT2D eigenvalue weighted by atomic mass is 10.1. The van der Waals surface area contributed by atoms with Gasteiger partial charge in [-0.25, -0.2) is 4.98 Å². The fourth-order valence-electron chi connectivity index (χ4n) is 3.25. The van der Waals surface area contributed by atoms with Gasteiger partial charge in [-0.2, -0.15) is 0 Å². The van der Waals surface area contributed by atoms with Crippen LogP contribution in [0.5, 0.6) is 0 Å². The van der Waals surface area contributed by atoms with Crippen LogP contribution in [0.25, 0.3) is 10.9 Å². The molecule has 2 aromatic heterocycles. The van der Waals surface area contributed by atoms with Crippen LogP contribution in [0.15, 0.2) is 42.7 Å². The highest BCUT2D eigenvalue weighted by atomic mass is 35.5. The molecule has 1 aromatic carbocycles. The molecule has 1 aliphatic rings. The number of nitrogens with zero attached hydrogens (tertiary/aromatic N) is 2. The van der Waals surface area contributed by atoms with Gasteiger partial charge in [-0.1, -0.05) is 17.7 Å². The van der Waals surface area contributed by atoms with Crippen molar-refractivity contribution in [2.45, 2.75) is 19.4 Å². The van der Waals surface area contributed by atoms with Crippen molar-refractivity contribution in [3.63, 3.8) is 0 Å². The first-order valence-electron chi connectivity index (χ1n) is 8.45. The first kappa shape index (κ1) is 16.0. The number of pyridine rings is 1. The lowest BCUT2D eigenvalue weighted by Gasteiger charge is -2.17. The molecule has 0 saturated carbocycles. The zero-order valence-corrected chi connectivity index (χ0v) is 14.5. The molecule has 1 saturated heterocycles. The predicted molar refractivity (Wildman–Crippen MR) is 100 cm³/mol. The summed E-state index contributed by atoms with van der Waals surface area (Å²) in [4.78, 5) is 22.4. The molecule has 2 N–H and O–H groups in total. The maximum Gasteiger partial charge on any atom is 0.253 e. The largest absolute Gasteiger partial charge is 0.360 e. The third kappa shape index (κ3) is 3.33. The smallest absolute Gasteiger partial charge is 0.253 e. The SMILES string of the molecule is O=C(NCc1ccnc(N2CCCC2)c1)c1c[nH]c2cc(Cl)ccc12. The van der Waals surface area contributed by atoms with Crippen LogP contribution in [0.3, 0.4) is 0 Å². The minimum absolute atomic E-state index is 0.104. The molecule has 1 fully saturated rings. The van der Waals surface area contributed by atoms with E-state index in [0.29, 0.717) is 17.1 Å². The van der Waals surface area contributed by atoms with E-state index in [1.165, 1.54) is 12.8 Å². The van der Waals surface area contributed by atoms with Crippen molar-refractivity contribution in [3.8, 4) is 0 Å². The Labute approximate surface area is 151 Å². The number of aromatic nitrogens is 2. The molecule has 1 amide bonds. The van der Waals surface area contributed by atoms with Gasteiger partial charge in [0.2, 0.25) is 0 Å². The number of H-pyrrole nitrogens is 1. The Hall–Kier alpha value is -2.53. The highest BCUT2D eigenvalue weighted by Gasteiger charge is 2.15. The Morgan fingerprint density at radius 1 is 1.24 bits per heavy atom. The number of halogens is 1. The lowest BCUT2D eigenvalue weighted by Crippen LogP contribution is -2.23. The summed E-state index contributed by atoms with van der Waals surface area (Å²) in [5.41, 5.74) is 2.53. The van der Waals surface area contributed by atoms with Crippen LogP contribution in [0, 0.1) is 0 Å². The molecule has 0 atom stereocenters. The van der Waals surface area contributed by atoms with E-state index in [2.05, 4.69) is 26.3 Å². The van der Waals surface area contributed by atoms with Crippen LogP contribution in [-0.4, -0.2) is 29.0 Å². The third-order valence-electron chi connectivity index (χ3n) is 4.58. The first-order valence-corrected chi connectivity index (χ1v) is 8.83. The number of fused-ring (bicyclic) bond motifs is 1. The molecule has 0 radical (unpaired) electrons. The summed E-state index contributed by atoms with van der Waals surface area (Å²) < 4.78 is 0. The number of amides is 1. The second kappa shape index (κ2) is 6.76. The van der Waals surface area contributed by atoms with Gasteiger partial charge in [-0.15, -0.1) is 0 Å². The topological polar surface area (TPSA) is 61.0 Å². The second-order valence-corrected chi connectivity index (χ2v) is 6.73. The van der Waals surface area contributed by atoms with Crippen LogP contribution in [0.1, 0.15) is 28.8 Å². The Morgan fingerprint density at radius 2 is 2.08 bits per heavy atom. The average molecular weight is 355 g/mol. The molecule has 0 unspecified atom stereocenters. The van der Waals surface area contributed by atoms with Gasteiger partial charge >= 0.3 is 0 Å². The summed E-state index contributed by atoms with van der Waals surface area (Å²) in [7, 11) is 0. The van der Waals surface area contributed by atoms with Crippen molar-refractivity contribution in [1.29, 1.82) is 0 Å². The van der Waals surface area contributed by atoms with Crippen LogP contribution in [0.2, 0.25) is 5.02 Å². The molecule has 0 bridgehead atoms. The van der Waals surface area contributed by atoms with Crippen molar-refractivity contribution < 1.29 is 4.79 Å². The summed E-state index contributed by atoms with van der Waals surface area (Å²) >= 11 is 5.99. The number of nitrogens with one attached hydrogen (secondary N) is 2. The fraction of sp³-hybridized carbons (Fsp3) is 0.263. The van der Waals surface area contributed by atoms with E-state index >= 15 is 0 Å². The summed E-state index contributed by atoms with van der Waals surface area (Å²) in [6, 6.07) is 9.47. The van der Waals surface area contributed by atoms with Gasteiger partial charge in [-0.05, 0) is 42.7 Å². The number of benzene rings is 1. The molecule has 6 heteroatoms. The first-order chi connectivity index (χ1) is 12.2. The number of hydrogen-bond donors (Lipinski definition) is 2. The fourth-order valence-corrected chi connectivity index (χ4v) is 3.43. The van der Waals surface area contributed by atoms with E-state index in [4.69, 9.17) is 11.6 Å². The second-order valence-electron chi connectivity index (χ2n) is 6.29. The van der Waals surface area contributed by atoms with Gasteiger partial charge in [0.15, 0.2) is 0 Å². The highest BCUT2D eigenvalue weighted by molar-refractivity contribution is 6.31. The van der Waals surface area contributed by atoms with E-state index in [0.717, 1.165) is 35.4 Å². The number of rotatable bonds is 4. The standard InChI is InChI=1S/C19H19ClN4O/c20-14-3-4-15-16(12-22-17(15)10-14)19(25)23-11-13-5-6-21-18(9-13)24-7-1-2-8-24/h3-6,9-10,12,22H,1-2,7-8,11H2,(H,23,25). The minimum atomic E-state index is -0.104. The number of carbonyl (C=O) groups is 1. The summed E-state index contributed by atoms with van der Waals surface area (Å²) in [5.74, 6) is 0.888. The number of hydrogen-bond acceptors (Lipinski definition) is 3. The Balaban J connectivity index is 1.47.